The Kier molecular flexibility index (Phi) is 4.08. The molecular formula is C12H14F3NO3S. The summed E-state index contributed by atoms with van der Waals surface area (Å²) in [6.07, 6.45) is -4.17. The molecule has 1 unspecified atom stereocenters. The second kappa shape index (κ2) is 5.34. The zero-order valence-electron chi connectivity index (χ0n) is 10.5. The van der Waals surface area contributed by atoms with Gasteiger partial charge in [-0.1, -0.05) is 0 Å². The van der Waals surface area contributed by atoms with Crippen LogP contribution in [-0.4, -0.2) is 37.0 Å². The standard InChI is InChI=1S/C12H14F3NO3S/c13-12(14,15)9-3-5-11(6-4-9)20(18,19)16-7-1-2-10(17)8-16/h3-6,10,17H,1-2,7-8H2. The highest BCUT2D eigenvalue weighted by molar-refractivity contribution is 7.89. The molecule has 4 nitrogen and oxygen atoms in total. The third kappa shape index (κ3) is 3.13. The maximum atomic E-state index is 12.4. The van der Waals surface area contributed by atoms with Crippen molar-refractivity contribution in [2.75, 3.05) is 13.1 Å². The normalized spacial score (nSPS) is 21.9. The molecule has 1 aliphatic heterocycles. The lowest BCUT2D eigenvalue weighted by molar-refractivity contribution is -0.137. The zero-order valence-corrected chi connectivity index (χ0v) is 11.3. The van der Waals surface area contributed by atoms with Gasteiger partial charge in [-0.25, -0.2) is 8.42 Å². The van der Waals surface area contributed by atoms with Crippen molar-refractivity contribution >= 4 is 10.0 Å². The molecule has 0 amide bonds. The summed E-state index contributed by atoms with van der Waals surface area (Å²) >= 11 is 0. The topological polar surface area (TPSA) is 57.6 Å². The van der Waals surface area contributed by atoms with Crippen molar-refractivity contribution in [1.82, 2.24) is 4.31 Å². The molecule has 1 aliphatic rings. The molecule has 1 saturated heterocycles. The minimum Gasteiger partial charge on any atom is -0.392 e. The van der Waals surface area contributed by atoms with Crippen LogP contribution in [0.25, 0.3) is 0 Å². The highest BCUT2D eigenvalue weighted by atomic mass is 32.2. The molecule has 20 heavy (non-hydrogen) atoms. The van der Waals surface area contributed by atoms with Crippen molar-refractivity contribution in [3.05, 3.63) is 29.8 Å². The van der Waals surface area contributed by atoms with Crippen molar-refractivity contribution in [2.45, 2.75) is 30.0 Å². The van der Waals surface area contributed by atoms with E-state index in [2.05, 4.69) is 0 Å². The summed E-state index contributed by atoms with van der Waals surface area (Å²) in [5.41, 5.74) is -0.893. The predicted molar refractivity (Wildman–Crippen MR) is 65.4 cm³/mol. The summed E-state index contributed by atoms with van der Waals surface area (Å²) in [5.74, 6) is 0. The van der Waals surface area contributed by atoms with E-state index in [1.54, 1.807) is 0 Å². The van der Waals surface area contributed by atoms with Gasteiger partial charge in [0, 0.05) is 13.1 Å². The molecule has 0 radical (unpaired) electrons. The first-order chi connectivity index (χ1) is 9.21. The summed E-state index contributed by atoms with van der Waals surface area (Å²) in [6.45, 7) is 0.240. The Morgan fingerprint density at radius 2 is 1.80 bits per heavy atom. The molecular weight excluding hydrogens is 295 g/mol. The number of aliphatic hydroxyl groups excluding tert-OH is 1. The Morgan fingerprint density at radius 1 is 1.20 bits per heavy atom. The average molecular weight is 309 g/mol. The maximum absolute atomic E-state index is 12.4. The molecule has 0 aromatic heterocycles. The number of alkyl halides is 3. The number of rotatable bonds is 2. The molecule has 0 saturated carbocycles. The average Bonchev–Trinajstić information content (AvgIpc) is 2.38. The Balaban J connectivity index is 2.26. The van der Waals surface area contributed by atoms with Crippen LogP contribution in [0.5, 0.6) is 0 Å². The second-order valence-corrected chi connectivity index (χ2v) is 6.62. The number of piperidine rings is 1. The quantitative estimate of drug-likeness (QED) is 0.907. The van der Waals surface area contributed by atoms with Crippen molar-refractivity contribution in [1.29, 1.82) is 0 Å². The SMILES string of the molecule is O=S(=O)(c1ccc(C(F)(F)F)cc1)N1CCCC(O)C1. The number of nitrogens with zero attached hydrogens (tertiary/aromatic N) is 1. The Morgan fingerprint density at radius 3 is 2.30 bits per heavy atom. The van der Waals surface area contributed by atoms with Crippen LogP contribution >= 0.6 is 0 Å². The van der Waals surface area contributed by atoms with Gasteiger partial charge in [-0.2, -0.15) is 17.5 Å². The van der Waals surface area contributed by atoms with Gasteiger partial charge in [0.05, 0.1) is 16.6 Å². The lowest BCUT2D eigenvalue weighted by atomic mass is 10.1. The van der Waals surface area contributed by atoms with Gasteiger partial charge < -0.3 is 5.11 Å². The molecule has 8 heteroatoms. The number of hydrogen-bond acceptors (Lipinski definition) is 3. The molecule has 1 aromatic carbocycles. The lowest BCUT2D eigenvalue weighted by Gasteiger charge is -2.29. The molecule has 0 aliphatic carbocycles. The van der Waals surface area contributed by atoms with Gasteiger partial charge in [-0.15, -0.1) is 0 Å². The highest BCUT2D eigenvalue weighted by Crippen LogP contribution is 2.30. The van der Waals surface area contributed by atoms with E-state index in [1.165, 1.54) is 0 Å². The van der Waals surface area contributed by atoms with Crippen LogP contribution in [0.4, 0.5) is 13.2 Å². The molecule has 1 N–H and O–H groups in total. The van der Waals surface area contributed by atoms with E-state index in [9.17, 15) is 26.7 Å². The van der Waals surface area contributed by atoms with Crippen LogP contribution in [0.2, 0.25) is 0 Å². The summed E-state index contributed by atoms with van der Waals surface area (Å²) in [5, 5.41) is 9.49. The van der Waals surface area contributed by atoms with E-state index in [1.807, 2.05) is 0 Å². The Labute approximate surface area is 114 Å². The van der Waals surface area contributed by atoms with Gasteiger partial charge in [-0.05, 0) is 37.1 Å². The third-order valence-electron chi connectivity index (χ3n) is 3.18. The van der Waals surface area contributed by atoms with Gasteiger partial charge in [-0.3, -0.25) is 0 Å². The first-order valence-corrected chi connectivity index (χ1v) is 7.51. The van der Waals surface area contributed by atoms with Gasteiger partial charge in [0.15, 0.2) is 0 Å². The largest absolute Gasteiger partial charge is 0.416 e. The maximum Gasteiger partial charge on any atom is 0.416 e. The lowest BCUT2D eigenvalue weighted by Crippen LogP contribution is -2.42. The number of hydrogen-bond donors (Lipinski definition) is 1. The van der Waals surface area contributed by atoms with E-state index < -0.39 is 27.9 Å². The van der Waals surface area contributed by atoms with Crippen LogP contribution < -0.4 is 0 Å². The van der Waals surface area contributed by atoms with E-state index >= 15 is 0 Å². The van der Waals surface area contributed by atoms with Gasteiger partial charge in [0.2, 0.25) is 10.0 Å². The first kappa shape index (κ1) is 15.3. The molecule has 1 aromatic rings. The summed E-state index contributed by atoms with van der Waals surface area (Å²) in [6, 6.07) is 3.37. The summed E-state index contributed by atoms with van der Waals surface area (Å²) in [4.78, 5) is -0.195. The Hall–Kier alpha value is -1.12. The van der Waals surface area contributed by atoms with E-state index in [0.29, 0.717) is 12.8 Å². The van der Waals surface area contributed by atoms with Crippen molar-refractivity contribution in [3.63, 3.8) is 0 Å². The second-order valence-electron chi connectivity index (χ2n) is 4.68. The summed E-state index contributed by atoms with van der Waals surface area (Å²) in [7, 11) is -3.85. The predicted octanol–water partition coefficient (Wildman–Crippen LogP) is 1.85. The number of halogens is 3. The minimum atomic E-state index is -4.50. The molecule has 1 atom stereocenters. The van der Waals surface area contributed by atoms with E-state index in [0.717, 1.165) is 28.6 Å². The number of benzene rings is 1. The van der Waals surface area contributed by atoms with Crippen LogP contribution in [0.1, 0.15) is 18.4 Å². The fourth-order valence-corrected chi connectivity index (χ4v) is 3.62. The molecule has 1 heterocycles. The van der Waals surface area contributed by atoms with Crippen molar-refractivity contribution < 1.29 is 26.7 Å². The van der Waals surface area contributed by atoms with Crippen LogP contribution in [0.15, 0.2) is 29.2 Å². The third-order valence-corrected chi connectivity index (χ3v) is 5.06. The van der Waals surface area contributed by atoms with Crippen molar-refractivity contribution in [2.24, 2.45) is 0 Å². The van der Waals surface area contributed by atoms with Crippen LogP contribution in [0, 0.1) is 0 Å². The number of aliphatic hydroxyl groups is 1. The molecule has 1 fully saturated rings. The molecule has 2 rings (SSSR count). The summed E-state index contributed by atoms with van der Waals surface area (Å²) < 4.78 is 62.8. The fraction of sp³-hybridized carbons (Fsp3) is 0.500. The molecule has 0 bridgehead atoms. The van der Waals surface area contributed by atoms with Gasteiger partial charge in [0.1, 0.15) is 0 Å². The van der Waals surface area contributed by atoms with Gasteiger partial charge >= 0.3 is 6.18 Å². The number of sulfonamides is 1. The fourth-order valence-electron chi connectivity index (χ4n) is 2.10. The molecule has 112 valence electrons. The minimum absolute atomic E-state index is 0.0244. The zero-order chi connectivity index (χ0) is 15.0. The van der Waals surface area contributed by atoms with Crippen LogP contribution in [0.3, 0.4) is 0 Å². The number of β-amino-alcohol motifs (C(OH)–C–C–N with tert-alkyl or cyclic N) is 1. The van der Waals surface area contributed by atoms with E-state index in [4.69, 9.17) is 0 Å². The monoisotopic (exact) mass is 309 g/mol. The van der Waals surface area contributed by atoms with Crippen molar-refractivity contribution in [3.8, 4) is 0 Å². The van der Waals surface area contributed by atoms with Gasteiger partial charge in [0.25, 0.3) is 0 Å². The Bertz CT molecular complexity index is 569. The smallest absolute Gasteiger partial charge is 0.392 e. The molecule has 0 spiro atoms. The highest BCUT2D eigenvalue weighted by Gasteiger charge is 2.32. The first-order valence-electron chi connectivity index (χ1n) is 6.07. The van der Waals surface area contributed by atoms with E-state index in [-0.39, 0.29) is 18.0 Å². The van der Waals surface area contributed by atoms with Crippen LogP contribution in [-0.2, 0) is 16.2 Å².